The molecular formula is C29H31Cl2N3O2. The summed E-state index contributed by atoms with van der Waals surface area (Å²) in [7, 11) is 0. The van der Waals surface area contributed by atoms with Crippen LogP contribution in [-0.2, 0) is 11.2 Å². The Labute approximate surface area is 222 Å². The van der Waals surface area contributed by atoms with Gasteiger partial charge in [0.15, 0.2) is 0 Å². The topological polar surface area (TPSA) is 55.8 Å². The van der Waals surface area contributed by atoms with Crippen molar-refractivity contribution in [3.8, 4) is 5.75 Å². The van der Waals surface area contributed by atoms with Crippen molar-refractivity contribution in [2.75, 3.05) is 37.6 Å². The van der Waals surface area contributed by atoms with Gasteiger partial charge in [-0.3, -0.25) is 9.69 Å². The molecule has 5 nitrogen and oxygen atoms in total. The van der Waals surface area contributed by atoms with E-state index in [1.807, 2.05) is 55.5 Å². The van der Waals surface area contributed by atoms with Crippen LogP contribution in [0.15, 0.2) is 54.6 Å². The summed E-state index contributed by atoms with van der Waals surface area (Å²) in [6, 6.07) is 17.4. The van der Waals surface area contributed by atoms with E-state index in [1.54, 1.807) is 0 Å². The van der Waals surface area contributed by atoms with Gasteiger partial charge in [-0.15, -0.1) is 0 Å². The van der Waals surface area contributed by atoms with Crippen LogP contribution < -0.4 is 10.2 Å². The molecule has 2 unspecified atom stereocenters. The number of halogens is 2. The molecule has 1 saturated heterocycles. The molecule has 0 bridgehead atoms. The van der Waals surface area contributed by atoms with E-state index >= 15 is 0 Å². The number of fused-ring (bicyclic) bond motifs is 1. The zero-order chi connectivity index (χ0) is 25.4. The zero-order valence-electron chi connectivity index (χ0n) is 20.6. The fourth-order valence-corrected chi connectivity index (χ4v) is 5.96. The molecule has 0 aromatic heterocycles. The lowest BCUT2D eigenvalue weighted by atomic mass is 9.91. The second-order valence-electron chi connectivity index (χ2n) is 9.90. The van der Waals surface area contributed by atoms with Crippen molar-refractivity contribution in [2.24, 2.45) is 0 Å². The van der Waals surface area contributed by atoms with Gasteiger partial charge in [0.2, 0.25) is 5.91 Å². The number of benzene rings is 3. The number of aryl methyl sites for hydroxylation is 2. The first-order valence-electron chi connectivity index (χ1n) is 12.4. The summed E-state index contributed by atoms with van der Waals surface area (Å²) >= 11 is 12.3. The van der Waals surface area contributed by atoms with Crippen molar-refractivity contribution >= 4 is 34.8 Å². The van der Waals surface area contributed by atoms with Crippen LogP contribution in [0.25, 0.3) is 0 Å². The van der Waals surface area contributed by atoms with Crippen molar-refractivity contribution in [3.63, 3.8) is 0 Å². The molecule has 0 saturated carbocycles. The third-order valence-electron chi connectivity index (χ3n) is 7.53. The van der Waals surface area contributed by atoms with Crippen LogP contribution in [-0.4, -0.2) is 48.6 Å². The van der Waals surface area contributed by atoms with E-state index in [1.165, 1.54) is 0 Å². The number of phenolic OH excluding ortho intramolecular Hbond substituents is 1. The van der Waals surface area contributed by atoms with Gasteiger partial charge in [0, 0.05) is 53.4 Å². The first-order chi connectivity index (χ1) is 17.3. The van der Waals surface area contributed by atoms with Crippen molar-refractivity contribution in [2.45, 2.75) is 32.2 Å². The number of amides is 1. The second-order valence-corrected chi connectivity index (χ2v) is 10.8. The second kappa shape index (κ2) is 10.3. The molecule has 0 spiro atoms. The molecule has 188 valence electrons. The van der Waals surface area contributed by atoms with Gasteiger partial charge in [0.05, 0.1) is 12.6 Å². The molecule has 2 aliphatic rings. The van der Waals surface area contributed by atoms with Gasteiger partial charge in [-0.1, -0.05) is 47.5 Å². The van der Waals surface area contributed by atoms with Crippen LogP contribution in [0.3, 0.4) is 0 Å². The first kappa shape index (κ1) is 24.9. The Morgan fingerprint density at radius 3 is 2.39 bits per heavy atom. The summed E-state index contributed by atoms with van der Waals surface area (Å²) < 4.78 is 0. The van der Waals surface area contributed by atoms with E-state index in [0.717, 1.165) is 71.1 Å². The van der Waals surface area contributed by atoms with Gasteiger partial charge in [0.1, 0.15) is 5.75 Å². The number of phenols is 1. The lowest BCUT2D eigenvalue weighted by Gasteiger charge is -2.36. The number of carbonyl (C=O) groups is 1. The number of hydrogen-bond donors (Lipinski definition) is 2. The summed E-state index contributed by atoms with van der Waals surface area (Å²) in [6.07, 6.45) is 0.764. The lowest BCUT2D eigenvalue weighted by molar-refractivity contribution is -0.123. The van der Waals surface area contributed by atoms with Gasteiger partial charge in [-0.25, -0.2) is 0 Å². The molecule has 2 atom stereocenters. The van der Waals surface area contributed by atoms with E-state index in [2.05, 4.69) is 28.1 Å². The fourth-order valence-electron chi connectivity index (χ4n) is 5.65. The van der Waals surface area contributed by atoms with Gasteiger partial charge in [-0.05, 0) is 72.9 Å². The summed E-state index contributed by atoms with van der Waals surface area (Å²) in [5, 5.41) is 15.7. The Balaban J connectivity index is 1.31. The highest BCUT2D eigenvalue weighted by molar-refractivity contribution is 6.31. The van der Waals surface area contributed by atoms with Crippen LogP contribution in [0.5, 0.6) is 5.75 Å². The number of nitrogens with zero attached hydrogens (tertiary/aromatic N) is 2. The minimum absolute atomic E-state index is 0.0263. The predicted molar refractivity (Wildman–Crippen MR) is 146 cm³/mol. The van der Waals surface area contributed by atoms with Gasteiger partial charge in [-0.2, -0.15) is 0 Å². The molecule has 1 amide bonds. The predicted octanol–water partition coefficient (Wildman–Crippen LogP) is 5.64. The SMILES string of the molecule is Cc1cc(C)c2c(c1O)C(NC(=O)CN1CCN(c3cccc(Cl)c3)CC1)C(c1ccc(Cl)cc1)C2. The van der Waals surface area contributed by atoms with Crippen LogP contribution in [0, 0.1) is 13.8 Å². The minimum Gasteiger partial charge on any atom is -0.507 e. The minimum atomic E-state index is -0.292. The van der Waals surface area contributed by atoms with Crippen LogP contribution in [0.2, 0.25) is 10.0 Å². The molecule has 3 aromatic rings. The fraction of sp³-hybridized carbons (Fsp3) is 0.345. The van der Waals surface area contributed by atoms with E-state index < -0.39 is 0 Å². The highest BCUT2D eigenvalue weighted by Gasteiger charge is 2.38. The maximum Gasteiger partial charge on any atom is 0.234 e. The number of aromatic hydroxyl groups is 1. The maximum absolute atomic E-state index is 13.3. The number of rotatable bonds is 5. The largest absolute Gasteiger partial charge is 0.507 e. The standard InChI is InChI=1S/C29H31Cl2N3O2/c1-18-14-19(2)29(36)27-24(18)16-25(20-6-8-21(30)9-7-20)28(27)32-26(35)17-33-10-12-34(13-11-33)23-5-3-4-22(31)15-23/h3-9,14-15,25,28,36H,10-13,16-17H2,1-2H3,(H,32,35). The molecule has 1 aliphatic carbocycles. The molecule has 5 rings (SSSR count). The van der Waals surface area contributed by atoms with Crippen LogP contribution in [0.1, 0.15) is 39.8 Å². The monoisotopic (exact) mass is 523 g/mol. The normalized spacial score (nSPS) is 19.8. The summed E-state index contributed by atoms with van der Waals surface area (Å²) in [4.78, 5) is 17.8. The molecule has 1 heterocycles. The Kier molecular flexibility index (Phi) is 7.16. The highest BCUT2D eigenvalue weighted by atomic mass is 35.5. The van der Waals surface area contributed by atoms with Crippen molar-refractivity contribution in [1.29, 1.82) is 0 Å². The average molecular weight is 524 g/mol. The Hall–Kier alpha value is -2.73. The van der Waals surface area contributed by atoms with Gasteiger partial charge >= 0.3 is 0 Å². The molecular weight excluding hydrogens is 493 g/mol. The molecule has 0 radical (unpaired) electrons. The smallest absolute Gasteiger partial charge is 0.234 e. The third kappa shape index (κ3) is 5.06. The van der Waals surface area contributed by atoms with E-state index in [-0.39, 0.29) is 23.6 Å². The van der Waals surface area contributed by atoms with Crippen molar-refractivity contribution in [1.82, 2.24) is 10.2 Å². The van der Waals surface area contributed by atoms with E-state index in [9.17, 15) is 9.90 Å². The maximum atomic E-state index is 13.3. The van der Waals surface area contributed by atoms with Crippen LogP contribution in [0.4, 0.5) is 5.69 Å². The molecule has 1 aliphatic heterocycles. The van der Waals surface area contributed by atoms with E-state index in [4.69, 9.17) is 23.2 Å². The number of nitrogens with one attached hydrogen (secondary N) is 1. The number of piperazine rings is 1. The highest BCUT2D eigenvalue weighted by Crippen LogP contribution is 2.48. The number of carbonyl (C=O) groups excluding carboxylic acids is 1. The number of anilines is 1. The number of hydrogen-bond acceptors (Lipinski definition) is 4. The van der Waals surface area contributed by atoms with Crippen molar-refractivity contribution in [3.05, 3.63) is 92.5 Å². The molecule has 3 aromatic carbocycles. The zero-order valence-corrected chi connectivity index (χ0v) is 22.1. The lowest BCUT2D eigenvalue weighted by Crippen LogP contribution is -2.50. The van der Waals surface area contributed by atoms with E-state index in [0.29, 0.717) is 11.6 Å². The molecule has 2 N–H and O–H groups in total. The summed E-state index contributed by atoms with van der Waals surface area (Å²) in [5.41, 5.74) is 6.17. The molecule has 1 fully saturated rings. The molecule has 36 heavy (non-hydrogen) atoms. The Bertz CT molecular complexity index is 1270. The van der Waals surface area contributed by atoms with Crippen molar-refractivity contribution < 1.29 is 9.90 Å². The summed E-state index contributed by atoms with van der Waals surface area (Å²) in [5.74, 6) is 0.293. The Morgan fingerprint density at radius 2 is 1.69 bits per heavy atom. The quantitative estimate of drug-likeness (QED) is 0.454. The summed E-state index contributed by atoms with van der Waals surface area (Å²) in [6.45, 7) is 7.59. The average Bonchev–Trinajstić information content (AvgIpc) is 3.23. The molecule has 7 heteroatoms. The first-order valence-corrected chi connectivity index (χ1v) is 13.2. The van der Waals surface area contributed by atoms with Gasteiger partial charge in [0.25, 0.3) is 0 Å². The Morgan fingerprint density at radius 1 is 0.972 bits per heavy atom. The third-order valence-corrected chi connectivity index (χ3v) is 8.01. The van der Waals surface area contributed by atoms with Gasteiger partial charge < -0.3 is 15.3 Å². The van der Waals surface area contributed by atoms with Crippen LogP contribution >= 0.6 is 23.2 Å².